The lowest BCUT2D eigenvalue weighted by atomic mass is 9.67. The fourth-order valence-electron chi connectivity index (χ4n) is 1.56. The minimum Gasteiger partial charge on any atom is -0.323 e. The van der Waals surface area contributed by atoms with Crippen LogP contribution in [0.2, 0.25) is 0 Å². The van der Waals surface area contributed by atoms with Crippen molar-refractivity contribution in [3.63, 3.8) is 0 Å². The molecule has 2 nitrogen and oxygen atoms in total. The molecule has 0 aromatic heterocycles. The van der Waals surface area contributed by atoms with Crippen LogP contribution in [-0.4, -0.2) is 6.54 Å². The molecular weight excluding hydrogens is 124 g/mol. The van der Waals surface area contributed by atoms with Crippen LogP contribution in [0.4, 0.5) is 0 Å². The van der Waals surface area contributed by atoms with Gasteiger partial charge in [-0.3, -0.25) is 0 Å². The maximum absolute atomic E-state index is 8.28. The van der Waals surface area contributed by atoms with E-state index in [9.17, 15) is 0 Å². The zero-order chi connectivity index (χ0) is 7.45. The van der Waals surface area contributed by atoms with Crippen LogP contribution in [0.25, 0.3) is 0 Å². The van der Waals surface area contributed by atoms with Gasteiger partial charge < -0.3 is 5.32 Å². The molecule has 0 unspecified atom stereocenters. The first-order chi connectivity index (χ1) is 4.83. The molecule has 0 aromatic carbocycles. The molecular formula is C8H14N2. The smallest absolute Gasteiger partial charge is 0.176 e. The van der Waals surface area contributed by atoms with Crippen molar-refractivity contribution in [3.05, 3.63) is 0 Å². The molecule has 0 aromatic rings. The lowest BCUT2D eigenvalue weighted by Crippen LogP contribution is -2.37. The van der Waals surface area contributed by atoms with Crippen LogP contribution in [0.1, 0.15) is 32.6 Å². The van der Waals surface area contributed by atoms with E-state index in [1.807, 2.05) is 6.19 Å². The maximum Gasteiger partial charge on any atom is 0.176 e. The van der Waals surface area contributed by atoms with E-state index in [0.29, 0.717) is 5.41 Å². The Bertz CT molecular complexity index is 136. The molecule has 0 atom stereocenters. The quantitative estimate of drug-likeness (QED) is 0.475. The van der Waals surface area contributed by atoms with Crippen LogP contribution in [0.5, 0.6) is 0 Å². The van der Waals surface area contributed by atoms with Crippen LogP contribution >= 0.6 is 0 Å². The fourth-order valence-corrected chi connectivity index (χ4v) is 1.56. The highest BCUT2D eigenvalue weighted by molar-refractivity contribution is 4.90. The van der Waals surface area contributed by atoms with Crippen LogP contribution in [0, 0.1) is 16.9 Å². The summed E-state index contributed by atoms with van der Waals surface area (Å²) in [5, 5.41) is 11.0. The third-order valence-corrected chi connectivity index (χ3v) is 2.71. The van der Waals surface area contributed by atoms with Gasteiger partial charge in [-0.25, -0.2) is 0 Å². The molecule has 1 aliphatic rings. The third-order valence-electron chi connectivity index (χ3n) is 2.71. The number of rotatable bonds is 3. The molecule has 2 heteroatoms. The van der Waals surface area contributed by atoms with E-state index in [2.05, 4.69) is 12.2 Å². The van der Waals surface area contributed by atoms with Crippen molar-refractivity contribution in [3.8, 4) is 6.19 Å². The average molecular weight is 138 g/mol. The Hall–Kier alpha value is -0.710. The molecule has 0 spiro atoms. The highest BCUT2D eigenvalue weighted by atomic mass is 14.9. The zero-order valence-corrected chi connectivity index (χ0v) is 6.48. The Balaban J connectivity index is 2.28. The number of nitrogens with one attached hydrogen (secondary N) is 1. The first kappa shape index (κ1) is 7.40. The normalized spacial score (nSPS) is 20.8. The Morgan fingerprint density at radius 3 is 2.60 bits per heavy atom. The largest absolute Gasteiger partial charge is 0.323 e. The van der Waals surface area contributed by atoms with Gasteiger partial charge in [0.1, 0.15) is 0 Å². The van der Waals surface area contributed by atoms with E-state index in [-0.39, 0.29) is 0 Å². The topological polar surface area (TPSA) is 35.8 Å². The van der Waals surface area contributed by atoms with Gasteiger partial charge in [0.15, 0.2) is 6.19 Å². The molecule has 0 saturated heterocycles. The summed E-state index contributed by atoms with van der Waals surface area (Å²) in [6.07, 6.45) is 7.14. The van der Waals surface area contributed by atoms with Crippen molar-refractivity contribution >= 4 is 0 Å². The van der Waals surface area contributed by atoms with Crippen molar-refractivity contribution in [2.75, 3.05) is 6.54 Å². The molecule has 1 fully saturated rings. The Kier molecular flexibility index (Phi) is 2.16. The van der Waals surface area contributed by atoms with Gasteiger partial charge in [-0.05, 0) is 24.7 Å². The maximum atomic E-state index is 8.28. The van der Waals surface area contributed by atoms with Gasteiger partial charge >= 0.3 is 0 Å². The zero-order valence-electron chi connectivity index (χ0n) is 6.48. The number of hydrogen-bond donors (Lipinski definition) is 1. The van der Waals surface area contributed by atoms with E-state index < -0.39 is 0 Å². The summed E-state index contributed by atoms with van der Waals surface area (Å²) in [5.74, 6) is 0. The molecule has 1 saturated carbocycles. The summed E-state index contributed by atoms with van der Waals surface area (Å²) in [7, 11) is 0. The van der Waals surface area contributed by atoms with Gasteiger partial charge in [-0.15, -0.1) is 0 Å². The van der Waals surface area contributed by atoms with E-state index in [0.717, 1.165) is 6.54 Å². The molecule has 1 rings (SSSR count). The van der Waals surface area contributed by atoms with Crippen molar-refractivity contribution in [1.29, 1.82) is 5.26 Å². The van der Waals surface area contributed by atoms with Gasteiger partial charge in [0.05, 0.1) is 0 Å². The summed E-state index contributed by atoms with van der Waals surface area (Å²) >= 11 is 0. The number of hydrogen-bond acceptors (Lipinski definition) is 2. The van der Waals surface area contributed by atoms with Gasteiger partial charge in [0, 0.05) is 6.54 Å². The van der Waals surface area contributed by atoms with Crippen LogP contribution in [0.3, 0.4) is 0 Å². The van der Waals surface area contributed by atoms with Gasteiger partial charge in [0.2, 0.25) is 0 Å². The monoisotopic (exact) mass is 138 g/mol. The molecule has 1 N–H and O–H groups in total. The van der Waals surface area contributed by atoms with Gasteiger partial charge in [0.25, 0.3) is 0 Å². The van der Waals surface area contributed by atoms with E-state index >= 15 is 0 Å². The van der Waals surface area contributed by atoms with Crippen molar-refractivity contribution in [1.82, 2.24) is 5.32 Å². The second-order valence-electron chi connectivity index (χ2n) is 3.17. The molecule has 56 valence electrons. The minimum atomic E-state index is 0.482. The summed E-state index contributed by atoms with van der Waals surface area (Å²) in [6.45, 7) is 3.10. The summed E-state index contributed by atoms with van der Waals surface area (Å²) in [6, 6.07) is 0. The number of nitrogens with zero attached hydrogens (tertiary/aromatic N) is 1. The summed E-state index contributed by atoms with van der Waals surface area (Å²) in [4.78, 5) is 0. The summed E-state index contributed by atoms with van der Waals surface area (Å²) in [5.41, 5.74) is 0.482. The van der Waals surface area contributed by atoms with E-state index in [1.165, 1.54) is 25.7 Å². The van der Waals surface area contributed by atoms with E-state index in [4.69, 9.17) is 5.26 Å². The average Bonchev–Trinajstić information content (AvgIpc) is 1.87. The second kappa shape index (κ2) is 2.92. The highest BCUT2D eigenvalue weighted by Crippen LogP contribution is 2.42. The van der Waals surface area contributed by atoms with Crippen molar-refractivity contribution < 1.29 is 0 Å². The number of nitriles is 1. The van der Waals surface area contributed by atoms with Crippen molar-refractivity contribution in [2.24, 2.45) is 5.41 Å². The molecule has 0 heterocycles. The first-order valence-electron chi connectivity index (χ1n) is 3.95. The predicted octanol–water partition coefficient (Wildman–Crippen LogP) is 1.64. The predicted molar refractivity (Wildman–Crippen MR) is 40.2 cm³/mol. The molecule has 10 heavy (non-hydrogen) atoms. The Morgan fingerprint density at radius 1 is 1.60 bits per heavy atom. The highest BCUT2D eigenvalue weighted by Gasteiger charge is 2.34. The van der Waals surface area contributed by atoms with Crippen LogP contribution in [0.15, 0.2) is 0 Å². The van der Waals surface area contributed by atoms with Crippen LogP contribution < -0.4 is 5.32 Å². The fraction of sp³-hybridized carbons (Fsp3) is 0.875. The lowest BCUT2D eigenvalue weighted by molar-refractivity contribution is 0.130. The molecule has 1 aliphatic carbocycles. The second-order valence-corrected chi connectivity index (χ2v) is 3.17. The SMILES string of the molecule is CCC1(CNC#N)CCC1. The van der Waals surface area contributed by atoms with Gasteiger partial charge in [-0.1, -0.05) is 13.3 Å². The molecule has 0 aliphatic heterocycles. The summed E-state index contributed by atoms with van der Waals surface area (Å²) < 4.78 is 0. The van der Waals surface area contributed by atoms with E-state index in [1.54, 1.807) is 0 Å². The molecule has 0 bridgehead atoms. The lowest BCUT2D eigenvalue weighted by Gasteiger charge is -2.40. The standard InChI is InChI=1S/C8H14N2/c1-2-8(4-3-5-8)6-10-7-9/h10H,2-6H2,1H3. The Labute approximate surface area is 62.2 Å². The molecule has 0 amide bonds. The van der Waals surface area contributed by atoms with Gasteiger partial charge in [-0.2, -0.15) is 5.26 Å². The minimum absolute atomic E-state index is 0.482. The third kappa shape index (κ3) is 1.23. The van der Waals surface area contributed by atoms with Crippen LogP contribution in [-0.2, 0) is 0 Å². The molecule has 0 radical (unpaired) electrons. The van der Waals surface area contributed by atoms with Crippen molar-refractivity contribution in [2.45, 2.75) is 32.6 Å². The first-order valence-corrected chi connectivity index (χ1v) is 3.95. The Morgan fingerprint density at radius 2 is 2.30 bits per heavy atom.